The summed E-state index contributed by atoms with van der Waals surface area (Å²) >= 11 is 0. The molecule has 13 heavy (non-hydrogen) atoms. The van der Waals surface area contributed by atoms with Crippen molar-refractivity contribution in [2.24, 2.45) is 0 Å². The maximum atomic E-state index is 13.5. The van der Waals surface area contributed by atoms with Gasteiger partial charge < -0.3 is 5.11 Å². The molecule has 70 valence electrons. The molecule has 0 aliphatic heterocycles. The molecule has 0 spiro atoms. The Morgan fingerprint density at radius 3 is 2.92 bits per heavy atom. The van der Waals surface area contributed by atoms with Gasteiger partial charge in [0.2, 0.25) is 0 Å². The summed E-state index contributed by atoms with van der Waals surface area (Å²) in [6.07, 6.45) is 3.04. The van der Waals surface area contributed by atoms with E-state index in [-0.39, 0.29) is 12.4 Å². The quantitative estimate of drug-likeness (QED) is 0.701. The van der Waals surface area contributed by atoms with E-state index in [0.29, 0.717) is 11.1 Å². The Bertz CT molecular complexity index is 344. The molecule has 1 aromatic rings. The third kappa shape index (κ3) is 1.25. The Morgan fingerprint density at radius 1 is 1.46 bits per heavy atom. The van der Waals surface area contributed by atoms with Gasteiger partial charge in [0.25, 0.3) is 0 Å². The first-order valence-corrected chi connectivity index (χ1v) is 4.64. The molecule has 0 atom stereocenters. The summed E-state index contributed by atoms with van der Waals surface area (Å²) in [5, 5.41) is 9.07. The van der Waals surface area contributed by atoms with Gasteiger partial charge in [0.15, 0.2) is 0 Å². The smallest absolute Gasteiger partial charge is 0.131 e. The molecule has 0 heterocycles. The fourth-order valence-electron chi connectivity index (χ4n) is 2.13. The van der Waals surface area contributed by atoms with Gasteiger partial charge in [0, 0.05) is 5.56 Å². The Morgan fingerprint density at radius 2 is 2.23 bits per heavy atom. The second-order valence-electron chi connectivity index (χ2n) is 3.64. The third-order valence-electron chi connectivity index (χ3n) is 2.78. The van der Waals surface area contributed by atoms with E-state index in [1.165, 1.54) is 5.56 Å². The molecular formula is C11H13FO. The van der Waals surface area contributed by atoms with Crippen molar-refractivity contribution in [1.29, 1.82) is 0 Å². The van der Waals surface area contributed by atoms with Crippen LogP contribution in [0.1, 0.15) is 28.7 Å². The highest BCUT2D eigenvalue weighted by Crippen LogP contribution is 2.29. The van der Waals surface area contributed by atoms with Crippen molar-refractivity contribution >= 4 is 0 Å². The van der Waals surface area contributed by atoms with Crippen molar-refractivity contribution < 1.29 is 9.50 Å². The van der Waals surface area contributed by atoms with Gasteiger partial charge in [0.05, 0.1) is 6.61 Å². The van der Waals surface area contributed by atoms with Gasteiger partial charge in [-0.05, 0) is 42.9 Å². The minimum Gasteiger partial charge on any atom is -0.392 e. The lowest BCUT2D eigenvalue weighted by molar-refractivity contribution is 0.274. The maximum Gasteiger partial charge on any atom is 0.131 e. The van der Waals surface area contributed by atoms with Crippen molar-refractivity contribution in [3.63, 3.8) is 0 Å². The van der Waals surface area contributed by atoms with Crippen LogP contribution < -0.4 is 0 Å². The van der Waals surface area contributed by atoms with Gasteiger partial charge in [-0.25, -0.2) is 4.39 Å². The van der Waals surface area contributed by atoms with Crippen LogP contribution in [-0.4, -0.2) is 5.11 Å². The lowest BCUT2D eigenvalue weighted by Gasteiger charge is -2.09. The standard InChI is InChI=1S/C11H13FO/c1-7-5-8-3-2-4-9(8)10(6-13)11(7)12/h5,13H,2-4,6H2,1H3. The Balaban J connectivity index is 2.64. The van der Waals surface area contributed by atoms with E-state index in [9.17, 15) is 4.39 Å². The van der Waals surface area contributed by atoms with E-state index in [1.54, 1.807) is 6.92 Å². The third-order valence-corrected chi connectivity index (χ3v) is 2.78. The van der Waals surface area contributed by atoms with Crippen molar-refractivity contribution in [2.45, 2.75) is 32.8 Å². The monoisotopic (exact) mass is 180 g/mol. The summed E-state index contributed by atoms with van der Waals surface area (Å²) < 4.78 is 13.5. The average Bonchev–Trinajstić information content (AvgIpc) is 2.54. The molecule has 1 aliphatic rings. The fourth-order valence-corrected chi connectivity index (χ4v) is 2.13. The minimum atomic E-state index is -0.219. The second-order valence-corrected chi connectivity index (χ2v) is 3.64. The molecular weight excluding hydrogens is 167 g/mol. The molecule has 0 fully saturated rings. The van der Waals surface area contributed by atoms with Crippen LogP contribution in [0.3, 0.4) is 0 Å². The molecule has 1 aromatic carbocycles. The summed E-state index contributed by atoms with van der Waals surface area (Å²) in [6, 6.07) is 1.91. The highest BCUT2D eigenvalue weighted by molar-refractivity contribution is 5.42. The molecule has 2 heteroatoms. The van der Waals surface area contributed by atoms with Gasteiger partial charge in [-0.1, -0.05) is 6.07 Å². The molecule has 2 rings (SSSR count). The molecule has 0 radical (unpaired) electrons. The molecule has 0 saturated heterocycles. The van der Waals surface area contributed by atoms with Crippen LogP contribution in [-0.2, 0) is 19.4 Å². The molecule has 0 amide bonds. The highest BCUT2D eigenvalue weighted by atomic mass is 19.1. The molecule has 1 N–H and O–H groups in total. The number of hydrogen-bond donors (Lipinski definition) is 1. The molecule has 0 aromatic heterocycles. The van der Waals surface area contributed by atoms with Gasteiger partial charge in [-0.15, -0.1) is 0 Å². The van der Waals surface area contributed by atoms with Gasteiger partial charge in [-0.2, -0.15) is 0 Å². The fraction of sp³-hybridized carbons (Fsp3) is 0.455. The van der Waals surface area contributed by atoms with Crippen LogP contribution in [0.4, 0.5) is 4.39 Å². The van der Waals surface area contributed by atoms with E-state index >= 15 is 0 Å². The van der Waals surface area contributed by atoms with E-state index in [2.05, 4.69) is 0 Å². The first kappa shape index (κ1) is 8.70. The summed E-state index contributed by atoms with van der Waals surface area (Å²) in [5.74, 6) is -0.219. The predicted octanol–water partition coefficient (Wildman–Crippen LogP) is 2.12. The highest BCUT2D eigenvalue weighted by Gasteiger charge is 2.19. The number of fused-ring (bicyclic) bond motifs is 1. The summed E-state index contributed by atoms with van der Waals surface area (Å²) in [7, 11) is 0. The Labute approximate surface area is 77.2 Å². The maximum absolute atomic E-state index is 13.5. The van der Waals surface area contributed by atoms with Gasteiger partial charge in [-0.3, -0.25) is 0 Å². The summed E-state index contributed by atoms with van der Waals surface area (Å²) in [6.45, 7) is 1.59. The van der Waals surface area contributed by atoms with Crippen LogP contribution in [0.2, 0.25) is 0 Å². The summed E-state index contributed by atoms with van der Waals surface area (Å²) in [4.78, 5) is 0. The van der Waals surface area contributed by atoms with Crippen LogP contribution >= 0.6 is 0 Å². The molecule has 1 nitrogen and oxygen atoms in total. The van der Waals surface area contributed by atoms with Gasteiger partial charge >= 0.3 is 0 Å². The Hall–Kier alpha value is -0.890. The SMILES string of the molecule is Cc1cc2c(c(CO)c1F)CCC2. The number of halogens is 1. The molecule has 0 saturated carbocycles. The number of rotatable bonds is 1. The number of hydrogen-bond acceptors (Lipinski definition) is 1. The van der Waals surface area contributed by atoms with E-state index in [4.69, 9.17) is 5.11 Å². The van der Waals surface area contributed by atoms with E-state index in [1.807, 2.05) is 6.07 Å². The van der Waals surface area contributed by atoms with Gasteiger partial charge in [0.1, 0.15) is 5.82 Å². The van der Waals surface area contributed by atoms with Crippen molar-refractivity contribution in [3.8, 4) is 0 Å². The van der Waals surface area contributed by atoms with Crippen molar-refractivity contribution in [1.82, 2.24) is 0 Å². The zero-order valence-corrected chi connectivity index (χ0v) is 7.73. The largest absolute Gasteiger partial charge is 0.392 e. The molecule has 0 unspecified atom stereocenters. The number of aliphatic hydroxyl groups is 1. The number of benzene rings is 1. The summed E-state index contributed by atoms with van der Waals surface area (Å²) in [5.41, 5.74) is 3.45. The number of aryl methyl sites for hydroxylation is 2. The zero-order valence-electron chi connectivity index (χ0n) is 7.73. The van der Waals surface area contributed by atoms with Crippen molar-refractivity contribution in [2.75, 3.05) is 0 Å². The topological polar surface area (TPSA) is 20.2 Å². The van der Waals surface area contributed by atoms with Crippen LogP contribution in [0.25, 0.3) is 0 Å². The van der Waals surface area contributed by atoms with E-state index in [0.717, 1.165) is 24.8 Å². The van der Waals surface area contributed by atoms with Crippen molar-refractivity contribution in [3.05, 3.63) is 34.1 Å². The molecule has 0 bridgehead atoms. The normalized spacial score (nSPS) is 14.7. The first-order chi connectivity index (χ1) is 6.24. The average molecular weight is 180 g/mol. The lowest BCUT2D eigenvalue weighted by atomic mass is 10.00. The van der Waals surface area contributed by atoms with Crippen LogP contribution in [0.15, 0.2) is 6.07 Å². The minimum absolute atomic E-state index is 0.171. The zero-order chi connectivity index (χ0) is 9.42. The van der Waals surface area contributed by atoms with Crippen LogP contribution in [0.5, 0.6) is 0 Å². The lowest BCUT2D eigenvalue weighted by Crippen LogP contribution is -2.00. The second kappa shape index (κ2) is 3.11. The van der Waals surface area contributed by atoms with E-state index < -0.39 is 0 Å². The van der Waals surface area contributed by atoms with Crippen LogP contribution in [0, 0.1) is 12.7 Å². The first-order valence-electron chi connectivity index (χ1n) is 4.64. The molecule has 1 aliphatic carbocycles. The predicted molar refractivity (Wildman–Crippen MR) is 49.1 cm³/mol. The number of aliphatic hydroxyl groups excluding tert-OH is 1. The Kier molecular flexibility index (Phi) is 2.08.